The summed E-state index contributed by atoms with van der Waals surface area (Å²) >= 11 is 0. The van der Waals surface area contributed by atoms with Gasteiger partial charge in [0.25, 0.3) is 0 Å². The summed E-state index contributed by atoms with van der Waals surface area (Å²) in [4.78, 5) is 4.37. The van der Waals surface area contributed by atoms with E-state index in [0.29, 0.717) is 0 Å². The second-order valence-corrected chi connectivity index (χ2v) is 4.46. The molecule has 3 aromatic rings. The summed E-state index contributed by atoms with van der Waals surface area (Å²) in [5, 5.41) is 2.63. The molecule has 0 atom stereocenters. The molecule has 0 spiro atoms. The molecule has 0 aliphatic carbocycles. The largest absolute Gasteiger partial charge is 0.331 e. The van der Waals surface area contributed by atoms with Gasteiger partial charge in [-0.2, -0.15) is 0 Å². The number of hydrogen-bond donors (Lipinski definition) is 0. The third kappa shape index (κ3) is 1.90. The van der Waals surface area contributed by atoms with Crippen molar-refractivity contribution in [2.24, 2.45) is 0 Å². The molecule has 0 fully saturated rings. The van der Waals surface area contributed by atoms with E-state index >= 15 is 0 Å². The van der Waals surface area contributed by atoms with Crippen LogP contribution in [0.2, 0.25) is 0 Å². The Kier molecular flexibility index (Phi) is 2.85. The lowest BCUT2D eigenvalue weighted by molar-refractivity contribution is 0.735. The van der Waals surface area contributed by atoms with Crippen molar-refractivity contribution < 1.29 is 0 Å². The van der Waals surface area contributed by atoms with E-state index in [4.69, 9.17) is 0 Å². The highest BCUT2D eigenvalue weighted by Gasteiger charge is 2.04. The van der Waals surface area contributed by atoms with Gasteiger partial charge in [0.05, 0.1) is 0 Å². The number of benzene rings is 2. The van der Waals surface area contributed by atoms with Crippen molar-refractivity contribution in [2.75, 3.05) is 0 Å². The van der Waals surface area contributed by atoms with Crippen molar-refractivity contribution in [3.63, 3.8) is 0 Å². The first-order valence-corrected chi connectivity index (χ1v) is 6.35. The number of rotatable bonds is 3. The van der Waals surface area contributed by atoms with Gasteiger partial charge in [-0.05, 0) is 16.3 Å². The summed E-state index contributed by atoms with van der Waals surface area (Å²) in [6, 6.07) is 15.0. The van der Waals surface area contributed by atoms with Crippen molar-refractivity contribution in [1.29, 1.82) is 0 Å². The van der Waals surface area contributed by atoms with E-state index in [1.165, 1.54) is 16.3 Å². The molecule has 3 rings (SSSR count). The molecule has 2 nitrogen and oxygen atoms in total. The molecular formula is C16H16N2. The van der Waals surface area contributed by atoms with Crippen LogP contribution >= 0.6 is 0 Å². The highest BCUT2D eigenvalue weighted by atomic mass is 15.1. The monoisotopic (exact) mass is 236 g/mol. The molecule has 0 radical (unpaired) electrons. The Morgan fingerprint density at radius 2 is 1.89 bits per heavy atom. The Bertz CT molecular complexity index is 662. The summed E-state index contributed by atoms with van der Waals surface area (Å²) in [5.41, 5.74) is 1.35. The molecule has 0 unspecified atom stereocenters. The van der Waals surface area contributed by atoms with Crippen molar-refractivity contribution in [3.8, 4) is 0 Å². The fourth-order valence-electron chi connectivity index (χ4n) is 2.41. The maximum absolute atomic E-state index is 4.37. The average Bonchev–Trinajstić information content (AvgIpc) is 2.86. The molecule has 0 bridgehead atoms. The van der Waals surface area contributed by atoms with Crippen LogP contribution in [0.1, 0.15) is 18.3 Å². The number of nitrogens with zero attached hydrogens (tertiary/aromatic N) is 2. The molecule has 1 aromatic heterocycles. The number of aromatic nitrogens is 2. The highest BCUT2D eigenvalue weighted by molar-refractivity contribution is 5.85. The first-order chi connectivity index (χ1) is 8.88. The zero-order valence-electron chi connectivity index (χ0n) is 10.5. The number of aryl methyl sites for hydroxylation is 1. The molecule has 0 N–H and O–H groups in total. The number of imidazole rings is 1. The second-order valence-electron chi connectivity index (χ2n) is 4.46. The molecule has 90 valence electrons. The zero-order chi connectivity index (χ0) is 12.4. The van der Waals surface area contributed by atoms with Crippen LogP contribution in [-0.2, 0) is 13.0 Å². The normalized spacial score (nSPS) is 10.9. The Balaban J connectivity index is 2.05. The lowest BCUT2D eigenvalue weighted by Gasteiger charge is -2.09. The lowest BCUT2D eigenvalue weighted by Crippen LogP contribution is -2.03. The Morgan fingerprint density at radius 3 is 2.78 bits per heavy atom. The standard InChI is InChI=1S/C16H16N2/c1-2-16-17-10-11-18(16)12-14-8-5-7-13-6-3-4-9-15(13)14/h3-11H,2,12H2,1H3. The van der Waals surface area contributed by atoms with Gasteiger partial charge in [-0.3, -0.25) is 0 Å². The van der Waals surface area contributed by atoms with E-state index in [1.54, 1.807) is 0 Å². The van der Waals surface area contributed by atoms with Gasteiger partial charge in [-0.15, -0.1) is 0 Å². The highest BCUT2D eigenvalue weighted by Crippen LogP contribution is 2.19. The van der Waals surface area contributed by atoms with Crippen LogP contribution in [0.15, 0.2) is 54.9 Å². The first kappa shape index (κ1) is 11.0. The van der Waals surface area contributed by atoms with E-state index in [0.717, 1.165) is 18.8 Å². The molecule has 0 saturated carbocycles. The minimum absolute atomic E-state index is 0.893. The van der Waals surface area contributed by atoms with Crippen LogP contribution in [0.25, 0.3) is 10.8 Å². The van der Waals surface area contributed by atoms with Crippen LogP contribution in [0.4, 0.5) is 0 Å². The Hall–Kier alpha value is -2.09. The van der Waals surface area contributed by atoms with Gasteiger partial charge in [0.15, 0.2) is 0 Å². The molecular weight excluding hydrogens is 220 g/mol. The molecule has 0 aliphatic rings. The quantitative estimate of drug-likeness (QED) is 0.678. The van der Waals surface area contributed by atoms with Crippen LogP contribution in [0.3, 0.4) is 0 Å². The third-order valence-electron chi connectivity index (χ3n) is 3.34. The van der Waals surface area contributed by atoms with E-state index in [-0.39, 0.29) is 0 Å². The van der Waals surface area contributed by atoms with Gasteiger partial charge < -0.3 is 4.57 Å². The minimum atomic E-state index is 0.893. The van der Waals surface area contributed by atoms with Crippen molar-refractivity contribution in [2.45, 2.75) is 19.9 Å². The topological polar surface area (TPSA) is 17.8 Å². The Labute approximate surface area is 107 Å². The first-order valence-electron chi connectivity index (χ1n) is 6.35. The van der Waals surface area contributed by atoms with Gasteiger partial charge in [0, 0.05) is 25.4 Å². The molecule has 18 heavy (non-hydrogen) atoms. The van der Waals surface area contributed by atoms with Gasteiger partial charge in [-0.1, -0.05) is 49.4 Å². The molecule has 0 amide bonds. The maximum atomic E-state index is 4.37. The molecule has 0 aliphatic heterocycles. The van der Waals surface area contributed by atoms with Crippen molar-refractivity contribution in [3.05, 3.63) is 66.2 Å². The molecule has 1 heterocycles. The molecule has 2 aromatic carbocycles. The van der Waals surface area contributed by atoms with Crippen LogP contribution < -0.4 is 0 Å². The predicted molar refractivity (Wildman–Crippen MR) is 74.7 cm³/mol. The van der Waals surface area contributed by atoms with Crippen molar-refractivity contribution >= 4 is 10.8 Å². The van der Waals surface area contributed by atoms with Gasteiger partial charge in [-0.25, -0.2) is 4.98 Å². The predicted octanol–water partition coefficient (Wildman–Crippen LogP) is 3.65. The lowest BCUT2D eigenvalue weighted by atomic mass is 10.0. The summed E-state index contributed by atoms with van der Waals surface area (Å²) in [6.45, 7) is 3.03. The van der Waals surface area contributed by atoms with E-state index in [9.17, 15) is 0 Å². The molecule has 0 saturated heterocycles. The maximum Gasteiger partial charge on any atom is 0.108 e. The third-order valence-corrected chi connectivity index (χ3v) is 3.34. The summed E-state index contributed by atoms with van der Waals surface area (Å²) in [6.07, 6.45) is 4.91. The van der Waals surface area contributed by atoms with Crippen LogP contribution in [0.5, 0.6) is 0 Å². The van der Waals surface area contributed by atoms with Crippen LogP contribution in [-0.4, -0.2) is 9.55 Å². The minimum Gasteiger partial charge on any atom is -0.331 e. The van der Waals surface area contributed by atoms with Gasteiger partial charge in [0.1, 0.15) is 5.82 Å². The zero-order valence-corrected chi connectivity index (χ0v) is 10.5. The van der Waals surface area contributed by atoms with E-state index in [1.807, 2.05) is 6.20 Å². The van der Waals surface area contributed by atoms with Gasteiger partial charge >= 0.3 is 0 Å². The van der Waals surface area contributed by atoms with E-state index in [2.05, 4.69) is 65.1 Å². The van der Waals surface area contributed by atoms with Gasteiger partial charge in [0.2, 0.25) is 0 Å². The summed E-state index contributed by atoms with van der Waals surface area (Å²) < 4.78 is 2.22. The second kappa shape index (κ2) is 4.65. The Morgan fingerprint density at radius 1 is 1.06 bits per heavy atom. The fourth-order valence-corrected chi connectivity index (χ4v) is 2.41. The number of hydrogen-bond acceptors (Lipinski definition) is 1. The van der Waals surface area contributed by atoms with Crippen LogP contribution in [0, 0.1) is 0 Å². The fraction of sp³-hybridized carbons (Fsp3) is 0.188. The smallest absolute Gasteiger partial charge is 0.108 e. The van der Waals surface area contributed by atoms with E-state index < -0.39 is 0 Å². The number of fused-ring (bicyclic) bond motifs is 1. The summed E-state index contributed by atoms with van der Waals surface area (Å²) in [5.74, 6) is 1.14. The molecule has 2 heteroatoms. The summed E-state index contributed by atoms with van der Waals surface area (Å²) in [7, 11) is 0. The SMILES string of the molecule is CCc1nccn1Cc1cccc2ccccc12. The average molecular weight is 236 g/mol. The van der Waals surface area contributed by atoms with Crippen molar-refractivity contribution in [1.82, 2.24) is 9.55 Å².